The van der Waals surface area contributed by atoms with Gasteiger partial charge in [-0.05, 0) is 11.1 Å². The van der Waals surface area contributed by atoms with Gasteiger partial charge in [-0.25, -0.2) is 4.68 Å². The van der Waals surface area contributed by atoms with Crippen molar-refractivity contribution in [2.45, 2.75) is 18.2 Å². The molecule has 0 saturated carbocycles. The second kappa shape index (κ2) is 7.69. The smallest absolute Gasteiger partial charge is 0.273 e. The monoisotopic (exact) mass is 363 g/mol. The van der Waals surface area contributed by atoms with Crippen molar-refractivity contribution in [2.24, 2.45) is 0 Å². The molecule has 27 heavy (non-hydrogen) atoms. The van der Waals surface area contributed by atoms with Crippen molar-refractivity contribution in [3.05, 3.63) is 83.7 Å². The van der Waals surface area contributed by atoms with Crippen LogP contribution in [0.5, 0.6) is 0 Å². The summed E-state index contributed by atoms with van der Waals surface area (Å²) in [5, 5.41) is 24.0. The van der Waals surface area contributed by atoms with Crippen LogP contribution in [0.1, 0.15) is 27.7 Å². The summed E-state index contributed by atoms with van der Waals surface area (Å²) < 4.78 is 1.70. The molecule has 0 aliphatic carbocycles. The molecule has 1 saturated heterocycles. The van der Waals surface area contributed by atoms with Gasteiger partial charge in [0.1, 0.15) is 6.04 Å². The van der Waals surface area contributed by atoms with Crippen LogP contribution in [0.15, 0.2) is 66.9 Å². The van der Waals surface area contributed by atoms with Gasteiger partial charge in [0.05, 0.1) is 18.3 Å². The molecule has 2 aromatic carbocycles. The molecule has 7 nitrogen and oxygen atoms in total. The Morgan fingerprint density at radius 2 is 1.70 bits per heavy atom. The van der Waals surface area contributed by atoms with E-state index in [0.717, 1.165) is 11.1 Å². The fourth-order valence-electron chi connectivity index (χ4n) is 3.33. The summed E-state index contributed by atoms with van der Waals surface area (Å²) in [7, 11) is 0. The minimum Gasteiger partial charge on any atom is -0.390 e. The van der Waals surface area contributed by atoms with E-state index in [4.69, 9.17) is 0 Å². The molecule has 3 aromatic rings. The predicted octanol–water partition coefficient (Wildman–Crippen LogP) is 0.978. The average molecular weight is 363 g/mol. The first kappa shape index (κ1) is 17.4. The molecule has 7 heteroatoms. The third-order valence-corrected chi connectivity index (χ3v) is 4.74. The number of amides is 1. The van der Waals surface area contributed by atoms with Crippen LogP contribution >= 0.6 is 0 Å². The second-order valence-corrected chi connectivity index (χ2v) is 6.61. The van der Waals surface area contributed by atoms with Gasteiger partial charge in [0.15, 0.2) is 5.69 Å². The number of nitrogens with one attached hydrogen (secondary N) is 2. The number of carbonyl (C=O) groups excluding carboxylic acids is 1. The molecule has 4 rings (SSSR count). The molecule has 2 heterocycles. The molecule has 3 N–H and O–H groups in total. The van der Waals surface area contributed by atoms with Crippen molar-refractivity contribution in [3.8, 4) is 0 Å². The van der Waals surface area contributed by atoms with E-state index >= 15 is 0 Å². The van der Waals surface area contributed by atoms with Crippen molar-refractivity contribution < 1.29 is 9.90 Å². The maximum Gasteiger partial charge on any atom is 0.273 e. The van der Waals surface area contributed by atoms with Crippen LogP contribution in [-0.2, 0) is 0 Å². The number of hydrogen-bond donors (Lipinski definition) is 3. The zero-order valence-corrected chi connectivity index (χ0v) is 14.7. The first-order valence-corrected chi connectivity index (χ1v) is 8.94. The van der Waals surface area contributed by atoms with Gasteiger partial charge < -0.3 is 15.7 Å². The molecule has 1 amide bonds. The fraction of sp³-hybridized carbons (Fsp3) is 0.250. The molecular formula is C20H21N5O2. The van der Waals surface area contributed by atoms with Crippen LogP contribution in [-0.4, -0.2) is 51.2 Å². The highest BCUT2D eigenvalue weighted by atomic mass is 16.3. The highest BCUT2D eigenvalue weighted by Gasteiger charge is 2.28. The van der Waals surface area contributed by atoms with Gasteiger partial charge >= 0.3 is 0 Å². The molecule has 0 bridgehead atoms. The third-order valence-electron chi connectivity index (χ3n) is 4.74. The maximum atomic E-state index is 12.5. The molecular weight excluding hydrogens is 342 g/mol. The molecule has 1 aromatic heterocycles. The summed E-state index contributed by atoms with van der Waals surface area (Å²) in [6.45, 7) is 1.01. The highest BCUT2D eigenvalue weighted by molar-refractivity contribution is 5.92. The van der Waals surface area contributed by atoms with Crippen LogP contribution in [0.25, 0.3) is 0 Å². The zero-order valence-electron chi connectivity index (χ0n) is 14.7. The number of nitrogens with zero attached hydrogens (tertiary/aromatic N) is 3. The minimum absolute atomic E-state index is 0.180. The summed E-state index contributed by atoms with van der Waals surface area (Å²) >= 11 is 0. The van der Waals surface area contributed by atoms with Crippen LogP contribution in [0.3, 0.4) is 0 Å². The van der Waals surface area contributed by atoms with E-state index in [9.17, 15) is 9.90 Å². The summed E-state index contributed by atoms with van der Waals surface area (Å²) in [5.41, 5.74) is 2.33. The van der Waals surface area contributed by atoms with Gasteiger partial charge in [0.2, 0.25) is 0 Å². The zero-order chi connectivity index (χ0) is 18.6. The Hall–Kier alpha value is -3.03. The third kappa shape index (κ3) is 3.74. The van der Waals surface area contributed by atoms with Crippen molar-refractivity contribution >= 4 is 5.91 Å². The standard InChI is InChI=1S/C20H21N5O2/c26-18-12-21-11-16(18)22-20(27)17-13-25(24-23-17)19(14-7-3-1-4-8-14)15-9-5-2-6-10-15/h1-10,13,16,18-19,21,26H,11-12H2,(H,22,27)/t16-,18-/m1/s1. The lowest BCUT2D eigenvalue weighted by molar-refractivity contribution is 0.0883. The van der Waals surface area contributed by atoms with E-state index in [2.05, 4.69) is 20.9 Å². The molecule has 1 aliphatic heterocycles. The number of carbonyl (C=O) groups is 1. The Balaban J connectivity index is 1.61. The Kier molecular flexibility index (Phi) is 4.95. The first-order chi connectivity index (χ1) is 13.2. The Labute approximate surface area is 157 Å². The van der Waals surface area contributed by atoms with Gasteiger partial charge in [-0.1, -0.05) is 65.9 Å². The number of hydrogen-bond acceptors (Lipinski definition) is 5. The molecule has 0 unspecified atom stereocenters. The van der Waals surface area contributed by atoms with Crippen molar-refractivity contribution in [3.63, 3.8) is 0 Å². The van der Waals surface area contributed by atoms with Crippen LogP contribution in [0.2, 0.25) is 0 Å². The largest absolute Gasteiger partial charge is 0.390 e. The molecule has 1 aliphatic rings. The van der Waals surface area contributed by atoms with E-state index < -0.39 is 6.10 Å². The molecule has 0 spiro atoms. The molecule has 1 fully saturated rings. The topological polar surface area (TPSA) is 92.1 Å². The first-order valence-electron chi connectivity index (χ1n) is 8.94. The summed E-state index contributed by atoms with van der Waals surface area (Å²) in [5.74, 6) is -0.339. The number of aromatic nitrogens is 3. The Morgan fingerprint density at radius 1 is 1.07 bits per heavy atom. The van der Waals surface area contributed by atoms with Crippen LogP contribution in [0, 0.1) is 0 Å². The van der Waals surface area contributed by atoms with E-state index in [1.807, 2.05) is 60.7 Å². The highest BCUT2D eigenvalue weighted by Crippen LogP contribution is 2.25. The van der Waals surface area contributed by atoms with E-state index in [1.54, 1.807) is 10.9 Å². The fourth-order valence-corrected chi connectivity index (χ4v) is 3.33. The Bertz CT molecular complexity index is 858. The number of aliphatic hydroxyl groups excluding tert-OH is 1. The van der Waals surface area contributed by atoms with Gasteiger partial charge in [-0.15, -0.1) is 5.10 Å². The predicted molar refractivity (Wildman–Crippen MR) is 100 cm³/mol. The van der Waals surface area contributed by atoms with Gasteiger partial charge in [0, 0.05) is 13.1 Å². The van der Waals surface area contributed by atoms with Crippen LogP contribution in [0.4, 0.5) is 0 Å². The van der Waals surface area contributed by atoms with Crippen LogP contribution < -0.4 is 10.6 Å². The van der Waals surface area contributed by atoms with E-state index in [1.165, 1.54) is 0 Å². The maximum absolute atomic E-state index is 12.5. The lowest BCUT2D eigenvalue weighted by Crippen LogP contribution is -2.42. The van der Waals surface area contributed by atoms with Gasteiger partial charge in [-0.3, -0.25) is 4.79 Å². The number of aliphatic hydroxyl groups is 1. The lowest BCUT2D eigenvalue weighted by atomic mass is 9.99. The van der Waals surface area contributed by atoms with Gasteiger partial charge in [0.25, 0.3) is 5.91 Å². The molecule has 138 valence electrons. The minimum atomic E-state index is -0.592. The SMILES string of the molecule is O=C(N[C@@H]1CNC[C@H]1O)c1cn(C(c2ccccc2)c2ccccc2)nn1. The Morgan fingerprint density at radius 3 is 2.26 bits per heavy atom. The lowest BCUT2D eigenvalue weighted by Gasteiger charge is -2.18. The average Bonchev–Trinajstić information content (AvgIpc) is 3.34. The van der Waals surface area contributed by atoms with Gasteiger partial charge in [-0.2, -0.15) is 0 Å². The summed E-state index contributed by atoms with van der Waals surface area (Å²) in [4.78, 5) is 12.5. The number of β-amino-alcohol motifs (C(OH)–C–C–N with tert-alkyl or cyclic N) is 1. The second-order valence-electron chi connectivity index (χ2n) is 6.61. The summed E-state index contributed by atoms with van der Waals surface area (Å²) in [6, 6.07) is 19.4. The van der Waals surface area contributed by atoms with E-state index in [0.29, 0.717) is 13.1 Å². The van der Waals surface area contributed by atoms with Crippen molar-refractivity contribution in [1.29, 1.82) is 0 Å². The van der Waals surface area contributed by atoms with Crippen molar-refractivity contribution in [2.75, 3.05) is 13.1 Å². The van der Waals surface area contributed by atoms with E-state index in [-0.39, 0.29) is 23.7 Å². The summed E-state index contributed by atoms with van der Waals surface area (Å²) in [6.07, 6.45) is 1.06. The molecule has 0 radical (unpaired) electrons. The quantitative estimate of drug-likeness (QED) is 0.628. The normalized spacial score (nSPS) is 19.3. The number of benzene rings is 2. The van der Waals surface area contributed by atoms with Crippen molar-refractivity contribution in [1.82, 2.24) is 25.6 Å². The number of rotatable bonds is 5. The molecule has 2 atom stereocenters.